The first-order valence-electron chi connectivity index (χ1n) is 9.20. The maximum Gasteiger partial charge on any atom is 0.257 e. The standard InChI is InChI=1S/C20H22N4O3/c1-13-17(14(2)26-22-13)8-9-18(25)24-11-10-16(12-24)19-21-20(27-23-19)15-6-4-3-5-7-15/h3-7,16H,8-12H2,1-2H3/t16-/m0/s1. The quantitative estimate of drug-likeness (QED) is 0.689. The van der Waals surface area contributed by atoms with E-state index >= 15 is 0 Å². The number of benzene rings is 1. The molecule has 2 aromatic heterocycles. The van der Waals surface area contributed by atoms with Crippen molar-refractivity contribution in [3.05, 3.63) is 53.2 Å². The van der Waals surface area contributed by atoms with Gasteiger partial charge in [0.05, 0.1) is 5.69 Å². The summed E-state index contributed by atoms with van der Waals surface area (Å²) in [4.78, 5) is 19.0. The fraction of sp³-hybridized carbons (Fsp3) is 0.400. The van der Waals surface area contributed by atoms with Crippen LogP contribution in [0.4, 0.5) is 0 Å². The van der Waals surface area contributed by atoms with E-state index < -0.39 is 0 Å². The molecule has 1 aliphatic rings. The van der Waals surface area contributed by atoms with Crippen molar-refractivity contribution < 1.29 is 13.8 Å². The van der Waals surface area contributed by atoms with E-state index in [1.807, 2.05) is 49.1 Å². The lowest BCUT2D eigenvalue weighted by Gasteiger charge is -2.15. The Morgan fingerprint density at radius 3 is 2.74 bits per heavy atom. The third-order valence-electron chi connectivity index (χ3n) is 5.14. The Hall–Kier alpha value is -2.96. The van der Waals surface area contributed by atoms with Crippen LogP contribution in [-0.2, 0) is 11.2 Å². The van der Waals surface area contributed by atoms with E-state index in [-0.39, 0.29) is 11.8 Å². The van der Waals surface area contributed by atoms with Crippen molar-refractivity contribution in [2.75, 3.05) is 13.1 Å². The predicted octanol–water partition coefficient (Wildman–Crippen LogP) is 3.29. The molecule has 0 spiro atoms. The van der Waals surface area contributed by atoms with Gasteiger partial charge in [-0.2, -0.15) is 4.98 Å². The van der Waals surface area contributed by atoms with Crippen LogP contribution in [0, 0.1) is 13.8 Å². The number of hydrogen-bond donors (Lipinski definition) is 0. The molecule has 1 atom stereocenters. The van der Waals surface area contributed by atoms with Crippen LogP contribution >= 0.6 is 0 Å². The summed E-state index contributed by atoms with van der Waals surface area (Å²) in [6.07, 6.45) is 1.96. The number of amides is 1. The lowest BCUT2D eigenvalue weighted by atomic mass is 10.1. The van der Waals surface area contributed by atoms with E-state index in [2.05, 4.69) is 15.3 Å². The van der Waals surface area contributed by atoms with Gasteiger partial charge < -0.3 is 13.9 Å². The van der Waals surface area contributed by atoms with Crippen LogP contribution in [0.5, 0.6) is 0 Å². The highest BCUT2D eigenvalue weighted by atomic mass is 16.5. The lowest BCUT2D eigenvalue weighted by Crippen LogP contribution is -2.28. The largest absolute Gasteiger partial charge is 0.361 e. The van der Waals surface area contributed by atoms with Gasteiger partial charge in [0.25, 0.3) is 5.89 Å². The van der Waals surface area contributed by atoms with Crippen molar-refractivity contribution in [3.63, 3.8) is 0 Å². The number of carbonyl (C=O) groups is 1. The van der Waals surface area contributed by atoms with Crippen LogP contribution in [0.2, 0.25) is 0 Å². The number of aromatic nitrogens is 3. The second kappa shape index (κ2) is 7.34. The molecule has 140 valence electrons. The molecule has 1 aliphatic heterocycles. The number of rotatable bonds is 5. The molecule has 0 saturated carbocycles. The Kier molecular flexibility index (Phi) is 4.75. The third-order valence-corrected chi connectivity index (χ3v) is 5.14. The number of carbonyl (C=O) groups excluding carboxylic acids is 1. The monoisotopic (exact) mass is 366 g/mol. The Bertz CT molecular complexity index is 912. The maximum atomic E-state index is 12.6. The summed E-state index contributed by atoms with van der Waals surface area (Å²) in [5.41, 5.74) is 2.80. The minimum Gasteiger partial charge on any atom is -0.361 e. The van der Waals surface area contributed by atoms with Crippen molar-refractivity contribution in [1.82, 2.24) is 20.2 Å². The summed E-state index contributed by atoms with van der Waals surface area (Å²) in [7, 11) is 0. The minimum absolute atomic E-state index is 0.120. The topological polar surface area (TPSA) is 85.3 Å². The molecular formula is C20H22N4O3. The minimum atomic E-state index is 0.120. The average Bonchev–Trinajstić information content (AvgIpc) is 3.41. The highest BCUT2D eigenvalue weighted by Gasteiger charge is 2.30. The first kappa shape index (κ1) is 17.5. The SMILES string of the molecule is Cc1noc(C)c1CCC(=O)N1CC[C@H](c2noc(-c3ccccc3)n2)C1. The molecule has 1 aromatic carbocycles. The molecule has 4 rings (SSSR count). The summed E-state index contributed by atoms with van der Waals surface area (Å²) in [5.74, 6) is 2.25. The first-order valence-corrected chi connectivity index (χ1v) is 9.20. The highest BCUT2D eigenvalue weighted by Crippen LogP contribution is 2.28. The highest BCUT2D eigenvalue weighted by molar-refractivity contribution is 5.77. The van der Waals surface area contributed by atoms with Gasteiger partial charge in [0.15, 0.2) is 5.82 Å². The molecule has 0 radical (unpaired) electrons. The summed E-state index contributed by atoms with van der Waals surface area (Å²) < 4.78 is 10.6. The molecule has 0 bridgehead atoms. The van der Waals surface area contributed by atoms with Crippen molar-refractivity contribution in [2.24, 2.45) is 0 Å². The van der Waals surface area contributed by atoms with E-state index in [0.29, 0.717) is 31.1 Å². The van der Waals surface area contributed by atoms with Gasteiger partial charge in [-0.15, -0.1) is 0 Å². The van der Waals surface area contributed by atoms with Crippen LogP contribution in [-0.4, -0.2) is 39.2 Å². The number of hydrogen-bond acceptors (Lipinski definition) is 6. The number of nitrogens with zero attached hydrogens (tertiary/aromatic N) is 4. The van der Waals surface area contributed by atoms with Gasteiger partial charge in [-0.05, 0) is 38.8 Å². The molecule has 3 heterocycles. The Morgan fingerprint density at radius 2 is 2.00 bits per heavy atom. The fourth-order valence-electron chi connectivity index (χ4n) is 3.55. The zero-order valence-corrected chi connectivity index (χ0v) is 15.5. The van der Waals surface area contributed by atoms with Gasteiger partial charge in [0.1, 0.15) is 5.76 Å². The molecule has 3 aromatic rings. The van der Waals surface area contributed by atoms with Gasteiger partial charge in [-0.1, -0.05) is 28.5 Å². The molecule has 0 N–H and O–H groups in total. The molecule has 1 amide bonds. The molecule has 7 nitrogen and oxygen atoms in total. The van der Waals surface area contributed by atoms with Crippen molar-refractivity contribution >= 4 is 5.91 Å². The molecular weight excluding hydrogens is 344 g/mol. The molecule has 1 fully saturated rings. The van der Waals surface area contributed by atoms with Crippen LogP contribution in [0.15, 0.2) is 39.4 Å². The second-order valence-corrected chi connectivity index (χ2v) is 6.95. The van der Waals surface area contributed by atoms with E-state index in [1.54, 1.807) is 0 Å². The Balaban J connectivity index is 1.36. The summed E-state index contributed by atoms with van der Waals surface area (Å²) in [6.45, 7) is 5.14. The van der Waals surface area contributed by atoms with Crippen LogP contribution in [0.1, 0.15) is 41.6 Å². The molecule has 1 saturated heterocycles. The van der Waals surface area contributed by atoms with Crippen LogP contribution in [0.25, 0.3) is 11.5 Å². The van der Waals surface area contributed by atoms with Crippen molar-refractivity contribution in [1.29, 1.82) is 0 Å². The number of aryl methyl sites for hydroxylation is 2. The summed E-state index contributed by atoms with van der Waals surface area (Å²) >= 11 is 0. The average molecular weight is 366 g/mol. The Morgan fingerprint density at radius 1 is 1.19 bits per heavy atom. The summed E-state index contributed by atoms with van der Waals surface area (Å²) in [6, 6.07) is 9.71. The van der Waals surface area contributed by atoms with Gasteiger partial charge in [-0.25, -0.2) is 0 Å². The maximum absolute atomic E-state index is 12.6. The van der Waals surface area contributed by atoms with Gasteiger partial charge in [0.2, 0.25) is 5.91 Å². The van der Waals surface area contributed by atoms with Crippen molar-refractivity contribution in [2.45, 2.75) is 39.0 Å². The third kappa shape index (κ3) is 3.63. The smallest absolute Gasteiger partial charge is 0.257 e. The fourth-order valence-corrected chi connectivity index (χ4v) is 3.55. The van der Waals surface area contributed by atoms with E-state index in [4.69, 9.17) is 9.05 Å². The van der Waals surface area contributed by atoms with Gasteiger partial charge in [-0.3, -0.25) is 4.79 Å². The van der Waals surface area contributed by atoms with E-state index in [1.165, 1.54) is 0 Å². The second-order valence-electron chi connectivity index (χ2n) is 6.95. The lowest BCUT2D eigenvalue weighted by molar-refractivity contribution is -0.130. The van der Waals surface area contributed by atoms with E-state index in [9.17, 15) is 4.79 Å². The first-order chi connectivity index (χ1) is 13.1. The zero-order valence-electron chi connectivity index (χ0n) is 15.5. The van der Waals surface area contributed by atoms with Crippen LogP contribution < -0.4 is 0 Å². The molecule has 7 heteroatoms. The normalized spacial score (nSPS) is 16.8. The molecule has 0 unspecified atom stereocenters. The van der Waals surface area contributed by atoms with E-state index in [0.717, 1.165) is 35.5 Å². The predicted molar refractivity (Wildman–Crippen MR) is 98.0 cm³/mol. The van der Waals surface area contributed by atoms with Gasteiger partial charge >= 0.3 is 0 Å². The molecule has 27 heavy (non-hydrogen) atoms. The zero-order chi connectivity index (χ0) is 18.8. The molecule has 0 aliphatic carbocycles. The van der Waals surface area contributed by atoms with Crippen LogP contribution in [0.3, 0.4) is 0 Å². The Labute approximate surface area is 157 Å². The van der Waals surface area contributed by atoms with Crippen molar-refractivity contribution in [3.8, 4) is 11.5 Å². The summed E-state index contributed by atoms with van der Waals surface area (Å²) in [5, 5.41) is 8.08. The van der Waals surface area contributed by atoms with Gasteiger partial charge in [0, 0.05) is 36.6 Å². The number of likely N-dealkylation sites (tertiary alicyclic amines) is 1.